The van der Waals surface area contributed by atoms with Gasteiger partial charge in [-0.1, -0.05) is 23.4 Å². The van der Waals surface area contributed by atoms with Crippen LogP contribution in [0.5, 0.6) is 0 Å². The molecule has 3 atom stereocenters. The fourth-order valence-corrected chi connectivity index (χ4v) is 4.60. The van der Waals surface area contributed by atoms with E-state index in [-0.39, 0.29) is 5.91 Å². The van der Waals surface area contributed by atoms with Crippen molar-refractivity contribution in [2.75, 3.05) is 5.32 Å². The van der Waals surface area contributed by atoms with Crippen molar-refractivity contribution >= 4 is 35.0 Å². The van der Waals surface area contributed by atoms with Gasteiger partial charge in [0.05, 0.1) is 12.2 Å². The fraction of sp³-hybridized carbons (Fsp3) is 0.350. The summed E-state index contributed by atoms with van der Waals surface area (Å²) >= 11 is 7.58. The van der Waals surface area contributed by atoms with Crippen LogP contribution in [0.2, 0.25) is 5.02 Å². The molecular formula is C20H20ClNO2S. The SMILES string of the molecule is O=C(CC1CC2CCC1O2)Nc1ccc(Sc2ccc(Cl)cc2)cc1. The second kappa shape index (κ2) is 7.40. The molecule has 5 heteroatoms. The highest BCUT2D eigenvalue weighted by molar-refractivity contribution is 7.99. The Morgan fingerprint density at radius 2 is 1.76 bits per heavy atom. The van der Waals surface area contributed by atoms with E-state index in [2.05, 4.69) is 5.32 Å². The summed E-state index contributed by atoms with van der Waals surface area (Å²) in [6.07, 6.45) is 4.56. The van der Waals surface area contributed by atoms with E-state index in [1.54, 1.807) is 11.8 Å². The van der Waals surface area contributed by atoms with Gasteiger partial charge in [0, 0.05) is 26.9 Å². The summed E-state index contributed by atoms with van der Waals surface area (Å²) in [5.74, 6) is 0.470. The van der Waals surface area contributed by atoms with Crippen LogP contribution in [0, 0.1) is 5.92 Å². The van der Waals surface area contributed by atoms with E-state index in [0.717, 1.165) is 39.8 Å². The van der Waals surface area contributed by atoms with E-state index in [1.165, 1.54) is 0 Å². The van der Waals surface area contributed by atoms with E-state index in [0.29, 0.717) is 24.5 Å². The monoisotopic (exact) mass is 373 g/mol. The molecule has 1 amide bonds. The first-order valence-electron chi connectivity index (χ1n) is 8.64. The van der Waals surface area contributed by atoms with Gasteiger partial charge in [0.15, 0.2) is 0 Å². The lowest BCUT2D eigenvalue weighted by Gasteiger charge is -2.17. The van der Waals surface area contributed by atoms with Crippen LogP contribution in [-0.4, -0.2) is 18.1 Å². The molecule has 0 aromatic heterocycles. The largest absolute Gasteiger partial charge is 0.375 e. The molecule has 130 valence electrons. The minimum atomic E-state index is 0.0826. The van der Waals surface area contributed by atoms with Gasteiger partial charge in [-0.05, 0) is 73.7 Å². The maximum absolute atomic E-state index is 12.3. The molecule has 0 radical (unpaired) electrons. The van der Waals surface area contributed by atoms with E-state index < -0.39 is 0 Å². The number of hydrogen-bond acceptors (Lipinski definition) is 3. The molecule has 1 N–H and O–H groups in total. The zero-order chi connectivity index (χ0) is 17.2. The third kappa shape index (κ3) is 4.20. The molecule has 2 aliphatic heterocycles. The third-order valence-electron chi connectivity index (χ3n) is 4.87. The number of nitrogens with one attached hydrogen (secondary N) is 1. The maximum atomic E-state index is 12.3. The smallest absolute Gasteiger partial charge is 0.224 e. The van der Waals surface area contributed by atoms with Crippen molar-refractivity contribution in [2.24, 2.45) is 5.92 Å². The van der Waals surface area contributed by atoms with Gasteiger partial charge < -0.3 is 10.1 Å². The summed E-state index contributed by atoms with van der Waals surface area (Å²) < 4.78 is 5.82. The zero-order valence-electron chi connectivity index (χ0n) is 13.8. The summed E-state index contributed by atoms with van der Waals surface area (Å²) in [5.41, 5.74) is 0.842. The molecule has 2 aromatic rings. The Labute approximate surface area is 157 Å². The Balaban J connectivity index is 1.31. The van der Waals surface area contributed by atoms with Crippen molar-refractivity contribution in [3.05, 3.63) is 53.6 Å². The fourth-order valence-electron chi connectivity index (χ4n) is 3.65. The molecule has 3 unspecified atom stereocenters. The summed E-state index contributed by atoms with van der Waals surface area (Å²) in [6, 6.07) is 15.7. The second-order valence-corrected chi connectivity index (χ2v) is 8.29. The highest BCUT2D eigenvalue weighted by Gasteiger charge is 2.41. The lowest BCUT2D eigenvalue weighted by molar-refractivity contribution is -0.117. The molecule has 2 bridgehead atoms. The Hall–Kier alpha value is -1.49. The minimum absolute atomic E-state index is 0.0826. The molecule has 4 rings (SSSR count). The molecule has 2 saturated heterocycles. The molecule has 0 saturated carbocycles. The Morgan fingerprint density at radius 1 is 1.08 bits per heavy atom. The van der Waals surface area contributed by atoms with Gasteiger partial charge in [0.25, 0.3) is 0 Å². The first kappa shape index (κ1) is 17.0. The maximum Gasteiger partial charge on any atom is 0.224 e. The Kier molecular flexibility index (Phi) is 5.02. The number of ether oxygens (including phenoxy) is 1. The number of carbonyl (C=O) groups excluding carboxylic acids is 1. The van der Waals surface area contributed by atoms with Crippen LogP contribution in [0.15, 0.2) is 58.3 Å². The molecule has 0 spiro atoms. The van der Waals surface area contributed by atoms with Crippen molar-refractivity contribution < 1.29 is 9.53 Å². The number of hydrogen-bond donors (Lipinski definition) is 1. The number of amides is 1. The predicted molar refractivity (Wildman–Crippen MR) is 101 cm³/mol. The van der Waals surface area contributed by atoms with Crippen LogP contribution in [0.4, 0.5) is 5.69 Å². The van der Waals surface area contributed by atoms with Crippen LogP contribution < -0.4 is 5.32 Å². The summed E-state index contributed by atoms with van der Waals surface area (Å²) in [7, 11) is 0. The lowest BCUT2D eigenvalue weighted by Crippen LogP contribution is -2.23. The topological polar surface area (TPSA) is 38.3 Å². The van der Waals surface area contributed by atoms with Gasteiger partial charge in [-0.25, -0.2) is 0 Å². The minimum Gasteiger partial charge on any atom is -0.375 e. The summed E-state index contributed by atoms with van der Waals surface area (Å²) in [6.45, 7) is 0. The van der Waals surface area contributed by atoms with E-state index >= 15 is 0 Å². The molecule has 0 aliphatic carbocycles. The summed E-state index contributed by atoms with van der Waals surface area (Å²) in [5, 5.41) is 3.74. The standard InChI is InChI=1S/C20H20ClNO2S/c21-14-1-6-17(7-2-14)25-18-8-3-15(4-9-18)22-20(23)12-13-11-16-5-10-19(13)24-16/h1-4,6-9,13,16,19H,5,10-12H2,(H,22,23). The Bertz CT molecular complexity index is 747. The number of rotatable bonds is 5. The first-order chi connectivity index (χ1) is 12.2. The average molecular weight is 374 g/mol. The van der Waals surface area contributed by atoms with Gasteiger partial charge in [0.2, 0.25) is 5.91 Å². The molecule has 3 nitrogen and oxygen atoms in total. The van der Waals surface area contributed by atoms with Crippen molar-refractivity contribution in [1.29, 1.82) is 0 Å². The van der Waals surface area contributed by atoms with Crippen LogP contribution in [0.1, 0.15) is 25.7 Å². The number of fused-ring (bicyclic) bond motifs is 2. The first-order valence-corrected chi connectivity index (χ1v) is 9.84. The molecule has 2 heterocycles. The lowest BCUT2D eigenvalue weighted by atomic mass is 9.87. The molecule has 25 heavy (non-hydrogen) atoms. The van der Waals surface area contributed by atoms with Crippen LogP contribution >= 0.6 is 23.4 Å². The van der Waals surface area contributed by atoms with Crippen molar-refractivity contribution in [3.63, 3.8) is 0 Å². The molecule has 2 fully saturated rings. The van der Waals surface area contributed by atoms with Crippen molar-refractivity contribution in [1.82, 2.24) is 0 Å². The zero-order valence-corrected chi connectivity index (χ0v) is 15.4. The number of benzene rings is 2. The predicted octanol–water partition coefficient (Wildman–Crippen LogP) is 5.39. The van der Waals surface area contributed by atoms with Crippen LogP contribution in [0.25, 0.3) is 0 Å². The molecular weight excluding hydrogens is 354 g/mol. The Morgan fingerprint density at radius 3 is 2.36 bits per heavy atom. The average Bonchev–Trinajstić information content (AvgIpc) is 3.21. The van der Waals surface area contributed by atoms with Crippen molar-refractivity contribution in [3.8, 4) is 0 Å². The highest BCUT2D eigenvalue weighted by Crippen LogP contribution is 2.40. The number of anilines is 1. The van der Waals surface area contributed by atoms with Crippen molar-refractivity contribution in [2.45, 2.75) is 47.7 Å². The molecule has 2 aliphatic rings. The third-order valence-corrected chi connectivity index (χ3v) is 6.13. The number of carbonyl (C=O) groups is 1. The van der Waals surface area contributed by atoms with Gasteiger partial charge in [0.1, 0.15) is 0 Å². The van der Waals surface area contributed by atoms with Gasteiger partial charge >= 0.3 is 0 Å². The second-order valence-electron chi connectivity index (χ2n) is 6.70. The van der Waals surface area contributed by atoms with E-state index in [9.17, 15) is 4.79 Å². The quantitative estimate of drug-likeness (QED) is 0.763. The van der Waals surface area contributed by atoms with E-state index in [4.69, 9.17) is 16.3 Å². The van der Waals surface area contributed by atoms with Gasteiger partial charge in [-0.15, -0.1) is 0 Å². The number of halogens is 1. The molecule has 2 aromatic carbocycles. The van der Waals surface area contributed by atoms with Gasteiger partial charge in [-0.2, -0.15) is 0 Å². The van der Waals surface area contributed by atoms with Gasteiger partial charge in [-0.3, -0.25) is 4.79 Å². The van der Waals surface area contributed by atoms with E-state index in [1.807, 2.05) is 48.5 Å². The highest BCUT2D eigenvalue weighted by atomic mass is 35.5. The summed E-state index contributed by atoms with van der Waals surface area (Å²) in [4.78, 5) is 14.5. The van der Waals surface area contributed by atoms with Crippen LogP contribution in [0.3, 0.4) is 0 Å². The normalized spacial score (nSPS) is 24.4. The van der Waals surface area contributed by atoms with Crippen LogP contribution in [-0.2, 0) is 9.53 Å².